The van der Waals surface area contributed by atoms with E-state index in [4.69, 9.17) is 4.74 Å². The molecule has 24 heavy (non-hydrogen) atoms. The highest BCUT2D eigenvalue weighted by Crippen LogP contribution is 2.32. The van der Waals surface area contributed by atoms with Crippen LogP contribution in [-0.2, 0) is 11.3 Å². The second kappa shape index (κ2) is 7.51. The molecular weight excluding hydrogens is 302 g/mol. The number of ether oxygens (including phenoxy) is 1. The number of rotatable bonds is 5. The van der Waals surface area contributed by atoms with Crippen LogP contribution in [0.3, 0.4) is 0 Å². The molecule has 3 rings (SSSR count). The highest BCUT2D eigenvalue weighted by Gasteiger charge is 2.27. The van der Waals surface area contributed by atoms with Gasteiger partial charge in [0.1, 0.15) is 5.75 Å². The number of likely N-dealkylation sites (tertiary alicyclic amines) is 1. The summed E-state index contributed by atoms with van der Waals surface area (Å²) in [5.74, 6) is 1.05. The number of nitrogens with zero attached hydrogens (tertiary/aromatic N) is 3. The van der Waals surface area contributed by atoms with Crippen molar-refractivity contribution in [1.82, 2.24) is 14.7 Å². The fraction of sp³-hybridized carbons (Fsp3) is 0.474. The van der Waals surface area contributed by atoms with E-state index in [9.17, 15) is 4.79 Å². The first-order valence-corrected chi connectivity index (χ1v) is 8.61. The largest absolute Gasteiger partial charge is 0.497 e. The molecule has 0 spiro atoms. The molecule has 0 unspecified atom stereocenters. The van der Waals surface area contributed by atoms with Gasteiger partial charge in [0.05, 0.1) is 18.8 Å². The standard InChI is InChI=1S/C19H25N3O2/c1-15-9-12-21(20-15)13-10-19(23)22-11-4-3-8-18(22)16-6-5-7-17(14-16)24-2/h5-7,9,12,14,18H,3-4,8,10-11,13H2,1-2H3/t18-/m0/s1. The third kappa shape index (κ3) is 3.78. The molecule has 1 aliphatic heterocycles. The summed E-state index contributed by atoms with van der Waals surface area (Å²) in [7, 11) is 1.68. The van der Waals surface area contributed by atoms with E-state index in [0.717, 1.165) is 42.8 Å². The van der Waals surface area contributed by atoms with Gasteiger partial charge in [-0.15, -0.1) is 0 Å². The fourth-order valence-corrected chi connectivity index (χ4v) is 3.37. The maximum absolute atomic E-state index is 12.8. The van der Waals surface area contributed by atoms with Crippen molar-refractivity contribution in [3.05, 3.63) is 47.8 Å². The lowest BCUT2D eigenvalue weighted by molar-refractivity contribution is -0.135. The van der Waals surface area contributed by atoms with Gasteiger partial charge in [-0.25, -0.2) is 0 Å². The van der Waals surface area contributed by atoms with Crippen LogP contribution in [-0.4, -0.2) is 34.2 Å². The first-order valence-electron chi connectivity index (χ1n) is 8.61. The van der Waals surface area contributed by atoms with Gasteiger partial charge in [0, 0.05) is 25.7 Å². The maximum atomic E-state index is 12.8. The van der Waals surface area contributed by atoms with E-state index in [1.165, 1.54) is 0 Å². The predicted molar refractivity (Wildman–Crippen MR) is 92.9 cm³/mol. The average molecular weight is 327 g/mol. The van der Waals surface area contributed by atoms with Crippen LogP contribution >= 0.6 is 0 Å². The van der Waals surface area contributed by atoms with Crippen LogP contribution in [0.2, 0.25) is 0 Å². The third-order valence-electron chi connectivity index (χ3n) is 4.63. The summed E-state index contributed by atoms with van der Waals surface area (Å²) in [5, 5.41) is 4.36. The Morgan fingerprint density at radius 3 is 2.96 bits per heavy atom. The third-order valence-corrected chi connectivity index (χ3v) is 4.63. The molecule has 2 heterocycles. The Bertz CT molecular complexity index is 695. The van der Waals surface area contributed by atoms with Gasteiger partial charge >= 0.3 is 0 Å². The van der Waals surface area contributed by atoms with Crippen LogP contribution in [0, 0.1) is 6.92 Å². The van der Waals surface area contributed by atoms with Gasteiger partial charge in [0.25, 0.3) is 0 Å². The van der Waals surface area contributed by atoms with Crippen molar-refractivity contribution >= 4 is 5.91 Å². The second-order valence-corrected chi connectivity index (χ2v) is 6.35. The molecule has 1 saturated heterocycles. The van der Waals surface area contributed by atoms with Crippen LogP contribution in [0.1, 0.15) is 43.0 Å². The second-order valence-electron chi connectivity index (χ2n) is 6.35. The van der Waals surface area contributed by atoms with Gasteiger partial charge in [0.15, 0.2) is 0 Å². The molecule has 0 bridgehead atoms. The Kier molecular flexibility index (Phi) is 5.18. The number of amides is 1. The zero-order chi connectivity index (χ0) is 16.9. The summed E-state index contributed by atoms with van der Waals surface area (Å²) in [4.78, 5) is 14.8. The zero-order valence-corrected chi connectivity index (χ0v) is 14.4. The Balaban J connectivity index is 1.70. The van der Waals surface area contributed by atoms with E-state index in [-0.39, 0.29) is 11.9 Å². The minimum atomic E-state index is 0.153. The van der Waals surface area contributed by atoms with Gasteiger partial charge in [-0.3, -0.25) is 9.48 Å². The van der Waals surface area contributed by atoms with Gasteiger partial charge < -0.3 is 9.64 Å². The van der Waals surface area contributed by atoms with E-state index >= 15 is 0 Å². The lowest BCUT2D eigenvalue weighted by Crippen LogP contribution is -2.38. The van der Waals surface area contributed by atoms with Crippen molar-refractivity contribution in [2.24, 2.45) is 0 Å². The molecule has 128 valence electrons. The molecular formula is C19H25N3O2. The molecule has 1 aromatic heterocycles. The SMILES string of the molecule is COc1cccc([C@@H]2CCCCN2C(=O)CCn2ccc(C)n2)c1. The quantitative estimate of drug-likeness (QED) is 0.846. The Hall–Kier alpha value is -2.30. The van der Waals surface area contributed by atoms with E-state index in [2.05, 4.69) is 11.2 Å². The van der Waals surface area contributed by atoms with Crippen molar-refractivity contribution in [2.75, 3.05) is 13.7 Å². The molecule has 0 radical (unpaired) electrons. The van der Waals surface area contributed by atoms with E-state index in [1.807, 2.05) is 47.0 Å². The number of hydrogen-bond acceptors (Lipinski definition) is 3. The summed E-state index contributed by atoms with van der Waals surface area (Å²) in [5.41, 5.74) is 2.15. The van der Waals surface area contributed by atoms with Gasteiger partial charge in [-0.1, -0.05) is 12.1 Å². The number of benzene rings is 1. The van der Waals surface area contributed by atoms with Crippen LogP contribution in [0.4, 0.5) is 0 Å². The summed E-state index contributed by atoms with van der Waals surface area (Å²) in [6.45, 7) is 3.43. The number of aromatic nitrogens is 2. The lowest BCUT2D eigenvalue weighted by Gasteiger charge is -2.36. The zero-order valence-electron chi connectivity index (χ0n) is 14.4. The predicted octanol–water partition coefficient (Wildman–Crippen LogP) is 3.34. The summed E-state index contributed by atoms with van der Waals surface area (Å²) in [6, 6.07) is 10.2. The fourth-order valence-electron chi connectivity index (χ4n) is 3.37. The van der Waals surface area contributed by atoms with Gasteiger partial charge in [-0.2, -0.15) is 5.10 Å². The highest BCUT2D eigenvalue weighted by atomic mass is 16.5. The van der Waals surface area contributed by atoms with Crippen molar-refractivity contribution < 1.29 is 9.53 Å². The molecule has 2 aromatic rings. The minimum Gasteiger partial charge on any atom is -0.497 e. The molecule has 1 fully saturated rings. The van der Waals surface area contributed by atoms with Crippen molar-refractivity contribution in [2.45, 2.75) is 45.2 Å². The minimum absolute atomic E-state index is 0.153. The molecule has 1 amide bonds. The molecule has 0 aliphatic carbocycles. The smallest absolute Gasteiger partial charge is 0.224 e. The summed E-state index contributed by atoms with van der Waals surface area (Å²) < 4.78 is 7.18. The summed E-state index contributed by atoms with van der Waals surface area (Å²) in [6.07, 6.45) is 5.66. The van der Waals surface area contributed by atoms with Crippen LogP contribution in [0.5, 0.6) is 5.75 Å². The molecule has 1 atom stereocenters. The molecule has 5 nitrogen and oxygen atoms in total. The number of hydrogen-bond donors (Lipinski definition) is 0. The van der Waals surface area contributed by atoms with Gasteiger partial charge in [-0.05, 0) is 49.9 Å². The molecule has 1 aromatic carbocycles. The topological polar surface area (TPSA) is 47.4 Å². The summed E-state index contributed by atoms with van der Waals surface area (Å²) >= 11 is 0. The van der Waals surface area contributed by atoms with Crippen molar-refractivity contribution in [1.29, 1.82) is 0 Å². The Labute approximate surface area is 143 Å². The first kappa shape index (κ1) is 16.6. The normalized spacial score (nSPS) is 17.8. The molecule has 1 aliphatic rings. The maximum Gasteiger partial charge on any atom is 0.224 e. The van der Waals surface area contributed by atoms with Crippen LogP contribution in [0.25, 0.3) is 0 Å². The molecule has 0 N–H and O–H groups in total. The highest BCUT2D eigenvalue weighted by molar-refractivity contribution is 5.76. The van der Waals surface area contributed by atoms with Crippen LogP contribution < -0.4 is 4.74 Å². The number of piperidine rings is 1. The Morgan fingerprint density at radius 2 is 2.21 bits per heavy atom. The van der Waals surface area contributed by atoms with E-state index < -0.39 is 0 Å². The number of carbonyl (C=O) groups is 1. The van der Waals surface area contributed by atoms with E-state index in [1.54, 1.807) is 7.11 Å². The van der Waals surface area contributed by atoms with Crippen molar-refractivity contribution in [3.63, 3.8) is 0 Å². The monoisotopic (exact) mass is 327 g/mol. The van der Waals surface area contributed by atoms with Crippen molar-refractivity contribution in [3.8, 4) is 5.75 Å². The first-order chi connectivity index (χ1) is 11.7. The Morgan fingerprint density at radius 1 is 1.33 bits per heavy atom. The number of methoxy groups -OCH3 is 1. The number of aryl methyl sites for hydroxylation is 2. The molecule has 0 saturated carbocycles. The van der Waals surface area contributed by atoms with Crippen LogP contribution in [0.15, 0.2) is 36.5 Å². The number of carbonyl (C=O) groups excluding carboxylic acids is 1. The average Bonchev–Trinajstić information content (AvgIpc) is 3.05. The lowest BCUT2D eigenvalue weighted by atomic mass is 9.94. The van der Waals surface area contributed by atoms with E-state index in [0.29, 0.717) is 13.0 Å². The molecule has 5 heteroatoms. The van der Waals surface area contributed by atoms with Gasteiger partial charge in [0.2, 0.25) is 5.91 Å².